The van der Waals surface area contributed by atoms with Crippen molar-refractivity contribution in [2.75, 3.05) is 6.61 Å². The molecule has 2 N–H and O–H groups in total. The third-order valence-electron chi connectivity index (χ3n) is 2.68. The summed E-state index contributed by atoms with van der Waals surface area (Å²) in [6, 6.07) is 9.09. The minimum atomic E-state index is -0.315. The molecular weight excluding hydrogens is 244 g/mol. The third-order valence-corrected chi connectivity index (χ3v) is 2.68. The van der Waals surface area contributed by atoms with Crippen molar-refractivity contribution in [3.8, 4) is 0 Å². The fourth-order valence-corrected chi connectivity index (χ4v) is 1.82. The fourth-order valence-electron chi connectivity index (χ4n) is 1.82. The number of rotatable bonds is 5. The van der Waals surface area contributed by atoms with Crippen LogP contribution in [0.3, 0.4) is 0 Å². The molecule has 0 atom stereocenters. The third kappa shape index (κ3) is 3.42. The number of nitrogens with one attached hydrogen (secondary N) is 1. The van der Waals surface area contributed by atoms with Crippen molar-refractivity contribution in [3.05, 3.63) is 52.8 Å². The van der Waals surface area contributed by atoms with E-state index in [4.69, 9.17) is 9.84 Å². The van der Waals surface area contributed by atoms with E-state index in [-0.39, 0.29) is 12.6 Å². The van der Waals surface area contributed by atoms with Gasteiger partial charge in [0, 0.05) is 12.1 Å². The zero-order valence-electron chi connectivity index (χ0n) is 10.7. The maximum Gasteiger partial charge on any atom is 0.338 e. The Morgan fingerprint density at radius 3 is 2.95 bits per heavy atom. The number of nitrogens with zero attached hydrogens (tertiary/aromatic N) is 1. The Morgan fingerprint density at radius 2 is 2.26 bits per heavy atom. The van der Waals surface area contributed by atoms with Crippen molar-refractivity contribution >= 4 is 5.97 Å². The predicted molar refractivity (Wildman–Crippen MR) is 69.7 cm³/mol. The Labute approximate surface area is 111 Å². The minimum Gasteiger partial charge on any atom is -0.462 e. The number of aliphatic hydroxyl groups excluding tert-OH is 1. The monoisotopic (exact) mass is 260 g/mol. The van der Waals surface area contributed by atoms with Gasteiger partial charge < -0.3 is 9.84 Å². The maximum atomic E-state index is 11.6. The largest absolute Gasteiger partial charge is 0.462 e. The van der Waals surface area contributed by atoms with Crippen LogP contribution in [0.1, 0.15) is 34.2 Å². The first-order valence-electron chi connectivity index (χ1n) is 6.13. The van der Waals surface area contributed by atoms with Gasteiger partial charge in [-0.1, -0.05) is 12.1 Å². The van der Waals surface area contributed by atoms with Gasteiger partial charge in [-0.25, -0.2) is 4.79 Å². The molecule has 5 heteroatoms. The van der Waals surface area contributed by atoms with Crippen LogP contribution >= 0.6 is 0 Å². The summed E-state index contributed by atoms with van der Waals surface area (Å²) in [4.78, 5) is 11.6. The molecule has 2 aromatic rings. The summed E-state index contributed by atoms with van der Waals surface area (Å²) in [5.74, 6) is -0.315. The zero-order valence-corrected chi connectivity index (χ0v) is 10.7. The average molecular weight is 260 g/mol. The summed E-state index contributed by atoms with van der Waals surface area (Å²) in [6.07, 6.45) is 0.625. The molecule has 0 fully saturated rings. The number of aliphatic hydroxyl groups is 1. The molecule has 1 aromatic heterocycles. The molecule has 19 heavy (non-hydrogen) atoms. The van der Waals surface area contributed by atoms with Gasteiger partial charge in [0.1, 0.15) is 0 Å². The number of benzene rings is 1. The Bertz CT molecular complexity index is 563. The van der Waals surface area contributed by atoms with Crippen molar-refractivity contribution in [1.29, 1.82) is 0 Å². The topological polar surface area (TPSA) is 75.2 Å². The summed E-state index contributed by atoms with van der Waals surface area (Å²) in [5.41, 5.74) is 3.03. The molecule has 0 aliphatic carbocycles. The second kappa shape index (κ2) is 6.15. The lowest BCUT2D eigenvalue weighted by molar-refractivity contribution is 0.0526. The van der Waals surface area contributed by atoms with E-state index >= 15 is 0 Å². The molecule has 0 amide bonds. The van der Waals surface area contributed by atoms with Crippen LogP contribution in [-0.4, -0.2) is 27.9 Å². The summed E-state index contributed by atoms with van der Waals surface area (Å²) in [6.45, 7) is 2.06. The maximum absolute atomic E-state index is 11.6. The fraction of sp³-hybridized carbons (Fsp3) is 0.286. The van der Waals surface area contributed by atoms with Crippen LogP contribution in [0.2, 0.25) is 0 Å². The number of H-pyrrole nitrogens is 1. The Balaban J connectivity index is 2.12. The highest BCUT2D eigenvalue weighted by Crippen LogP contribution is 2.12. The standard InChI is InChI=1S/C14H16N2O3/c1-2-19-14(18)11-5-3-4-10(6-11)7-12-8-13(9-17)16-15-12/h3-6,8,17H,2,7,9H2,1H3,(H,15,16). The molecule has 0 aliphatic heterocycles. The molecule has 0 spiro atoms. The van der Waals surface area contributed by atoms with E-state index in [9.17, 15) is 4.79 Å². The zero-order chi connectivity index (χ0) is 13.7. The number of aromatic amines is 1. The van der Waals surface area contributed by atoms with Crippen LogP contribution in [0.25, 0.3) is 0 Å². The van der Waals surface area contributed by atoms with Gasteiger partial charge >= 0.3 is 5.97 Å². The van der Waals surface area contributed by atoms with Crippen molar-refractivity contribution in [2.45, 2.75) is 20.0 Å². The van der Waals surface area contributed by atoms with E-state index in [0.717, 1.165) is 11.3 Å². The molecule has 0 saturated heterocycles. The number of esters is 1. The van der Waals surface area contributed by atoms with E-state index in [1.54, 1.807) is 25.1 Å². The van der Waals surface area contributed by atoms with E-state index < -0.39 is 0 Å². The van der Waals surface area contributed by atoms with Gasteiger partial charge in [-0.05, 0) is 30.7 Å². The minimum absolute atomic E-state index is 0.0840. The quantitative estimate of drug-likeness (QED) is 0.802. The van der Waals surface area contributed by atoms with Crippen molar-refractivity contribution in [1.82, 2.24) is 10.2 Å². The Hall–Kier alpha value is -2.14. The van der Waals surface area contributed by atoms with Gasteiger partial charge in [0.15, 0.2) is 0 Å². The van der Waals surface area contributed by atoms with Crippen LogP contribution in [-0.2, 0) is 17.8 Å². The molecule has 0 unspecified atom stereocenters. The second-order valence-electron chi connectivity index (χ2n) is 4.14. The lowest BCUT2D eigenvalue weighted by Crippen LogP contribution is -2.05. The van der Waals surface area contributed by atoms with E-state index in [1.165, 1.54) is 0 Å². The highest BCUT2D eigenvalue weighted by molar-refractivity contribution is 5.89. The molecule has 5 nitrogen and oxygen atoms in total. The summed E-state index contributed by atoms with van der Waals surface area (Å²) >= 11 is 0. The molecule has 0 aliphatic rings. The summed E-state index contributed by atoms with van der Waals surface area (Å²) in [5, 5.41) is 15.8. The van der Waals surface area contributed by atoms with Gasteiger partial charge in [-0.15, -0.1) is 0 Å². The molecule has 0 radical (unpaired) electrons. The molecule has 100 valence electrons. The normalized spacial score (nSPS) is 10.4. The number of carbonyl (C=O) groups excluding carboxylic acids is 1. The summed E-state index contributed by atoms with van der Waals surface area (Å²) in [7, 11) is 0. The number of carbonyl (C=O) groups is 1. The van der Waals surface area contributed by atoms with Gasteiger partial charge in [0.25, 0.3) is 0 Å². The summed E-state index contributed by atoms with van der Waals surface area (Å²) < 4.78 is 4.96. The Morgan fingerprint density at radius 1 is 1.42 bits per heavy atom. The lowest BCUT2D eigenvalue weighted by Gasteiger charge is -2.04. The van der Waals surface area contributed by atoms with Crippen molar-refractivity contribution < 1.29 is 14.6 Å². The molecule has 1 heterocycles. The first kappa shape index (κ1) is 13.3. The molecule has 1 aromatic carbocycles. The number of hydrogen-bond acceptors (Lipinski definition) is 4. The first-order chi connectivity index (χ1) is 9.22. The molecule has 0 bridgehead atoms. The van der Waals surface area contributed by atoms with Gasteiger partial charge in [0.05, 0.1) is 24.5 Å². The number of hydrogen-bond donors (Lipinski definition) is 2. The van der Waals surface area contributed by atoms with E-state index in [2.05, 4.69) is 10.2 Å². The molecule has 2 rings (SSSR count). The lowest BCUT2D eigenvalue weighted by atomic mass is 10.1. The average Bonchev–Trinajstić information content (AvgIpc) is 2.87. The SMILES string of the molecule is CCOC(=O)c1cccc(Cc2cc(CO)n[nH]2)c1. The van der Waals surface area contributed by atoms with Gasteiger partial charge in [0.2, 0.25) is 0 Å². The van der Waals surface area contributed by atoms with Crippen LogP contribution in [0.5, 0.6) is 0 Å². The predicted octanol–water partition coefficient (Wildman–Crippen LogP) is 1.67. The van der Waals surface area contributed by atoms with Crippen LogP contribution in [0.4, 0.5) is 0 Å². The Kier molecular flexibility index (Phi) is 4.30. The van der Waals surface area contributed by atoms with Crippen molar-refractivity contribution in [3.63, 3.8) is 0 Å². The van der Waals surface area contributed by atoms with E-state index in [1.807, 2.05) is 12.1 Å². The van der Waals surface area contributed by atoms with E-state index in [0.29, 0.717) is 24.3 Å². The highest BCUT2D eigenvalue weighted by atomic mass is 16.5. The molecule has 0 saturated carbocycles. The molecular formula is C14H16N2O3. The smallest absolute Gasteiger partial charge is 0.338 e. The van der Waals surface area contributed by atoms with Crippen molar-refractivity contribution in [2.24, 2.45) is 0 Å². The second-order valence-corrected chi connectivity index (χ2v) is 4.14. The number of aromatic nitrogens is 2. The van der Waals surface area contributed by atoms with Gasteiger partial charge in [-0.2, -0.15) is 5.10 Å². The van der Waals surface area contributed by atoms with Gasteiger partial charge in [-0.3, -0.25) is 5.10 Å². The highest BCUT2D eigenvalue weighted by Gasteiger charge is 2.08. The first-order valence-corrected chi connectivity index (χ1v) is 6.13. The van der Waals surface area contributed by atoms with Crippen LogP contribution < -0.4 is 0 Å². The number of ether oxygens (including phenoxy) is 1. The van der Waals surface area contributed by atoms with Crippen LogP contribution in [0.15, 0.2) is 30.3 Å². The van der Waals surface area contributed by atoms with Crippen LogP contribution in [0, 0.1) is 0 Å².